The molecule has 1 aliphatic rings. The fraction of sp³-hybridized carbons (Fsp3) is 0.333. The fourth-order valence-electron chi connectivity index (χ4n) is 3.36. The van der Waals surface area contributed by atoms with E-state index < -0.39 is 23.6 Å². The molecular weight excluding hydrogens is 437 g/mol. The number of benzene rings is 2. The van der Waals surface area contributed by atoms with E-state index in [2.05, 4.69) is 5.32 Å². The molecule has 1 aliphatic heterocycles. The Morgan fingerprint density at radius 1 is 1.19 bits per heavy atom. The minimum absolute atomic E-state index is 0.0404. The van der Waals surface area contributed by atoms with Crippen LogP contribution in [0.4, 0.5) is 18.9 Å². The molecule has 0 bridgehead atoms. The molecule has 0 unspecified atom stereocenters. The van der Waals surface area contributed by atoms with Crippen LogP contribution >= 0.6 is 11.6 Å². The summed E-state index contributed by atoms with van der Waals surface area (Å²) >= 11 is 6.17. The van der Waals surface area contributed by atoms with Gasteiger partial charge in [-0.2, -0.15) is 13.2 Å². The summed E-state index contributed by atoms with van der Waals surface area (Å²) in [4.78, 5) is 26.5. The zero-order valence-corrected chi connectivity index (χ0v) is 17.5. The number of hydrogen-bond donors (Lipinski definition) is 1. The first-order chi connectivity index (χ1) is 14.6. The van der Waals surface area contributed by atoms with Crippen LogP contribution in [-0.2, 0) is 22.3 Å². The molecule has 3 rings (SSSR count). The van der Waals surface area contributed by atoms with Gasteiger partial charge in [0.1, 0.15) is 11.5 Å². The smallest absolute Gasteiger partial charge is 0.416 e. The first-order valence-corrected chi connectivity index (χ1v) is 9.67. The predicted molar refractivity (Wildman–Crippen MR) is 108 cm³/mol. The van der Waals surface area contributed by atoms with Gasteiger partial charge in [-0.25, -0.2) is 0 Å². The zero-order valence-electron chi connectivity index (χ0n) is 16.8. The Bertz CT molecular complexity index is 997. The Labute approximate surface area is 181 Å². The molecule has 0 aliphatic carbocycles. The summed E-state index contributed by atoms with van der Waals surface area (Å²) < 4.78 is 49.0. The maximum atomic E-state index is 12.8. The number of ether oxygens (including phenoxy) is 2. The summed E-state index contributed by atoms with van der Waals surface area (Å²) in [6.45, 7) is 0.0113. The zero-order chi connectivity index (χ0) is 22.8. The average Bonchev–Trinajstić information content (AvgIpc) is 3.13. The number of methoxy groups -OCH3 is 2. The van der Waals surface area contributed by atoms with Crippen LogP contribution in [0.5, 0.6) is 11.5 Å². The molecule has 2 aromatic carbocycles. The number of rotatable bonds is 6. The van der Waals surface area contributed by atoms with Gasteiger partial charge in [-0.3, -0.25) is 9.59 Å². The number of anilines is 1. The Balaban J connectivity index is 1.69. The Hall–Kier alpha value is -2.94. The first kappa shape index (κ1) is 22.7. The number of nitrogens with zero attached hydrogens (tertiary/aromatic N) is 1. The number of nitrogens with one attached hydrogen (secondary N) is 1. The van der Waals surface area contributed by atoms with Crippen molar-refractivity contribution in [2.45, 2.75) is 19.1 Å². The number of hydrogen-bond acceptors (Lipinski definition) is 4. The fourth-order valence-corrected chi connectivity index (χ4v) is 3.60. The summed E-state index contributed by atoms with van der Waals surface area (Å²) in [6, 6.07) is 7.80. The maximum absolute atomic E-state index is 12.8. The van der Waals surface area contributed by atoms with Crippen LogP contribution in [0.1, 0.15) is 17.5 Å². The van der Waals surface area contributed by atoms with E-state index in [1.165, 1.54) is 37.3 Å². The first-order valence-electron chi connectivity index (χ1n) is 9.29. The molecule has 0 spiro atoms. The van der Waals surface area contributed by atoms with E-state index in [1.807, 2.05) is 0 Å². The lowest BCUT2D eigenvalue weighted by atomic mass is 10.1. The molecule has 1 fully saturated rings. The SMILES string of the molecule is COc1cc(OC)c(N2C[C@@H](C(=O)NCc3cccc(C(F)(F)F)c3)CC2=O)cc1Cl. The molecule has 10 heteroatoms. The van der Waals surface area contributed by atoms with Gasteiger partial charge in [0.05, 0.1) is 36.4 Å². The second-order valence-corrected chi connectivity index (χ2v) is 7.39. The van der Waals surface area contributed by atoms with Gasteiger partial charge in [0.15, 0.2) is 0 Å². The number of carbonyl (C=O) groups excluding carboxylic acids is 2. The van der Waals surface area contributed by atoms with E-state index in [0.717, 1.165) is 12.1 Å². The van der Waals surface area contributed by atoms with Crippen molar-refractivity contribution in [3.05, 3.63) is 52.5 Å². The van der Waals surface area contributed by atoms with Gasteiger partial charge < -0.3 is 19.7 Å². The molecule has 1 saturated heterocycles. The summed E-state index contributed by atoms with van der Waals surface area (Å²) in [5.74, 6) is -0.640. The normalized spacial score (nSPS) is 16.4. The Morgan fingerprint density at radius 3 is 2.55 bits per heavy atom. The minimum atomic E-state index is -4.46. The van der Waals surface area contributed by atoms with Crippen LogP contribution in [0.15, 0.2) is 36.4 Å². The quantitative estimate of drug-likeness (QED) is 0.712. The van der Waals surface area contributed by atoms with Crippen LogP contribution in [0.25, 0.3) is 0 Å². The summed E-state index contributed by atoms with van der Waals surface area (Å²) in [5.41, 5.74) is -0.0654. The number of amides is 2. The van der Waals surface area contributed by atoms with E-state index in [9.17, 15) is 22.8 Å². The standard InChI is InChI=1S/C21H20ClF3N2O4/c1-30-17-9-18(31-2)16(8-15(17)22)27-11-13(7-19(27)28)20(29)26-10-12-4-3-5-14(6-12)21(23,24)25/h3-6,8-9,13H,7,10-11H2,1-2H3,(H,26,29)/t13-/m0/s1. The molecule has 0 saturated carbocycles. The van der Waals surface area contributed by atoms with Gasteiger partial charge in [-0.15, -0.1) is 0 Å². The van der Waals surface area contributed by atoms with E-state index in [4.69, 9.17) is 21.1 Å². The number of halogens is 4. The largest absolute Gasteiger partial charge is 0.495 e. The third-order valence-corrected chi connectivity index (χ3v) is 5.26. The summed E-state index contributed by atoms with van der Waals surface area (Å²) in [5, 5.41) is 2.89. The molecule has 0 aromatic heterocycles. The van der Waals surface area contributed by atoms with Crippen LogP contribution in [-0.4, -0.2) is 32.6 Å². The molecule has 2 aromatic rings. The number of alkyl halides is 3. The second-order valence-electron chi connectivity index (χ2n) is 6.98. The highest BCUT2D eigenvalue weighted by Gasteiger charge is 2.37. The van der Waals surface area contributed by atoms with Crippen molar-refractivity contribution in [2.75, 3.05) is 25.7 Å². The van der Waals surface area contributed by atoms with Crippen molar-refractivity contribution in [1.82, 2.24) is 5.32 Å². The summed E-state index contributed by atoms with van der Waals surface area (Å²) in [6.07, 6.45) is -4.50. The van der Waals surface area contributed by atoms with Crippen molar-refractivity contribution in [3.8, 4) is 11.5 Å². The highest BCUT2D eigenvalue weighted by Crippen LogP contribution is 2.40. The van der Waals surface area contributed by atoms with Crippen molar-refractivity contribution in [3.63, 3.8) is 0 Å². The Morgan fingerprint density at radius 2 is 1.90 bits per heavy atom. The van der Waals surface area contributed by atoms with Gasteiger partial charge in [0.2, 0.25) is 11.8 Å². The van der Waals surface area contributed by atoms with E-state index in [0.29, 0.717) is 22.7 Å². The lowest BCUT2D eigenvalue weighted by Crippen LogP contribution is -2.32. The van der Waals surface area contributed by atoms with Crippen LogP contribution in [0.3, 0.4) is 0 Å². The van der Waals surface area contributed by atoms with Crippen molar-refractivity contribution in [1.29, 1.82) is 0 Å². The second kappa shape index (κ2) is 9.05. The van der Waals surface area contributed by atoms with E-state index >= 15 is 0 Å². The molecule has 31 heavy (non-hydrogen) atoms. The highest BCUT2D eigenvalue weighted by atomic mass is 35.5. The van der Waals surface area contributed by atoms with Crippen LogP contribution < -0.4 is 19.7 Å². The van der Waals surface area contributed by atoms with E-state index in [-0.39, 0.29) is 30.4 Å². The average molecular weight is 457 g/mol. The molecular formula is C21H20ClF3N2O4. The Kier molecular flexibility index (Phi) is 6.64. The molecule has 1 N–H and O–H groups in total. The van der Waals surface area contributed by atoms with Crippen LogP contribution in [0, 0.1) is 5.92 Å². The third-order valence-electron chi connectivity index (χ3n) is 4.96. The topological polar surface area (TPSA) is 67.9 Å². The van der Waals surface area contributed by atoms with Gasteiger partial charge in [0.25, 0.3) is 0 Å². The molecule has 166 valence electrons. The van der Waals surface area contributed by atoms with Crippen molar-refractivity contribution < 1.29 is 32.2 Å². The number of carbonyl (C=O) groups is 2. The van der Waals surface area contributed by atoms with Gasteiger partial charge >= 0.3 is 6.18 Å². The molecule has 1 atom stereocenters. The minimum Gasteiger partial charge on any atom is -0.495 e. The lowest BCUT2D eigenvalue weighted by Gasteiger charge is -2.21. The van der Waals surface area contributed by atoms with Crippen molar-refractivity contribution >= 4 is 29.1 Å². The maximum Gasteiger partial charge on any atom is 0.416 e. The third kappa shape index (κ3) is 5.04. The van der Waals surface area contributed by atoms with Gasteiger partial charge in [0, 0.05) is 25.6 Å². The predicted octanol–water partition coefficient (Wildman–Crippen LogP) is 4.05. The van der Waals surface area contributed by atoms with Gasteiger partial charge in [-0.1, -0.05) is 23.7 Å². The molecule has 0 radical (unpaired) electrons. The summed E-state index contributed by atoms with van der Waals surface area (Å²) in [7, 11) is 2.89. The van der Waals surface area contributed by atoms with Crippen molar-refractivity contribution in [2.24, 2.45) is 5.92 Å². The van der Waals surface area contributed by atoms with E-state index in [1.54, 1.807) is 6.07 Å². The molecule has 6 nitrogen and oxygen atoms in total. The van der Waals surface area contributed by atoms with Gasteiger partial charge in [-0.05, 0) is 23.8 Å². The highest BCUT2D eigenvalue weighted by molar-refractivity contribution is 6.32. The molecule has 2 amide bonds. The van der Waals surface area contributed by atoms with Crippen LogP contribution in [0.2, 0.25) is 5.02 Å². The monoisotopic (exact) mass is 456 g/mol. The lowest BCUT2D eigenvalue weighted by molar-refractivity contribution is -0.137. The molecule has 1 heterocycles.